The Morgan fingerprint density at radius 1 is 1.53 bits per heavy atom. The molecule has 0 saturated carbocycles. The molecule has 2 unspecified atom stereocenters. The Kier molecular flexibility index (Phi) is 4.42. The van der Waals surface area contributed by atoms with Crippen molar-refractivity contribution in [1.29, 1.82) is 0 Å². The smallest absolute Gasteiger partial charge is 0.335 e. The second-order valence-corrected chi connectivity index (χ2v) is 4.75. The van der Waals surface area contributed by atoms with Crippen LogP contribution in [0, 0.1) is 0 Å². The van der Waals surface area contributed by atoms with Gasteiger partial charge in [0.25, 0.3) is 0 Å². The highest BCUT2D eigenvalue weighted by Gasteiger charge is 2.36. The van der Waals surface area contributed by atoms with Crippen molar-refractivity contribution in [2.45, 2.75) is 19.1 Å². The largest absolute Gasteiger partial charge is 0.497 e. The number of esters is 1. The van der Waals surface area contributed by atoms with E-state index in [1.807, 2.05) is 18.2 Å². The van der Waals surface area contributed by atoms with Crippen molar-refractivity contribution in [3.05, 3.63) is 28.2 Å². The lowest BCUT2D eigenvalue weighted by Crippen LogP contribution is -2.26. The van der Waals surface area contributed by atoms with Gasteiger partial charge in [-0.05, 0) is 25.1 Å². The fourth-order valence-corrected chi connectivity index (χ4v) is 2.31. The molecule has 19 heavy (non-hydrogen) atoms. The molecule has 2 rings (SSSR count). The number of carbonyl (C=O) groups is 1. The van der Waals surface area contributed by atoms with Crippen LogP contribution >= 0.6 is 15.9 Å². The first-order valence-electron chi connectivity index (χ1n) is 5.84. The lowest BCUT2D eigenvalue weighted by Gasteiger charge is -2.18. The fraction of sp³-hybridized carbons (Fsp3) is 0.385. The number of hydrogen-bond donors (Lipinski definition) is 0. The molecule has 0 amide bonds. The van der Waals surface area contributed by atoms with Crippen molar-refractivity contribution in [2.75, 3.05) is 13.7 Å². The maximum Gasteiger partial charge on any atom is 0.335 e. The summed E-state index contributed by atoms with van der Waals surface area (Å²) in [7, 11) is 1.59. The zero-order valence-corrected chi connectivity index (χ0v) is 12.2. The number of rotatable bonds is 4. The van der Waals surface area contributed by atoms with Gasteiger partial charge in [-0.25, -0.2) is 9.79 Å². The number of halogens is 1. The quantitative estimate of drug-likeness (QED) is 0.797. The number of benzene rings is 1. The molecule has 0 radical (unpaired) electrons. The monoisotopic (exact) mass is 327 g/mol. The third-order valence-electron chi connectivity index (χ3n) is 2.75. The predicted molar refractivity (Wildman–Crippen MR) is 73.4 cm³/mol. The first-order chi connectivity index (χ1) is 9.17. The molecule has 1 aromatic carbocycles. The number of nitrogens with zero attached hydrogens (tertiary/aromatic N) is 1. The third kappa shape index (κ3) is 2.89. The van der Waals surface area contributed by atoms with Crippen LogP contribution in [0.4, 0.5) is 0 Å². The van der Waals surface area contributed by atoms with E-state index < -0.39 is 18.1 Å². The minimum atomic E-state index is -0.677. The van der Waals surface area contributed by atoms with Crippen LogP contribution in [-0.2, 0) is 14.3 Å². The Balaban J connectivity index is 2.28. The normalized spacial score (nSPS) is 21.0. The van der Waals surface area contributed by atoms with Crippen LogP contribution in [0.15, 0.2) is 27.7 Å². The van der Waals surface area contributed by atoms with Crippen LogP contribution in [0.25, 0.3) is 0 Å². The number of ether oxygens (including phenoxy) is 3. The van der Waals surface area contributed by atoms with Gasteiger partial charge in [-0.1, -0.05) is 15.9 Å². The van der Waals surface area contributed by atoms with Crippen LogP contribution < -0.4 is 4.74 Å². The topological polar surface area (TPSA) is 57.1 Å². The average molecular weight is 328 g/mol. The van der Waals surface area contributed by atoms with E-state index in [2.05, 4.69) is 20.9 Å². The second-order valence-electron chi connectivity index (χ2n) is 3.90. The van der Waals surface area contributed by atoms with Crippen LogP contribution in [0.3, 0.4) is 0 Å². The fourth-order valence-electron chi connectivity index (χ4n) is 1.84. The van der Waals surface area contributed by atoms with E-state index >= 15 is 0 Å². The van der Waals surface area contributed by atoms with Crippen molar-refractivity contribution in [3.8, 4) is 5.75 Å². The highest BCUT2D eigenvalue weighted by molar-refractivity contribution is 9.10. The molecular formula is C13H14BrNO4. The van der Waals surface area contributed by atoms with Crippen molar-refractivity contribution < 1.29 is 19.0 Å². The first-order valence-corrected chi connectivity index (χ1v) is 6.63. The SMILES string of the molecule is CCOC(=O)C1N=COC1c1cc(OC)ccc1Br. The summed E-state index contributed by atoms with van der Waals surface area (Å²) in [6, 6.07) is 4.81. The van der Waals surface area contributed by atoms with Crippen LogP contribution in [0.5, 0.6) is 5.75 Å². The zero-order valence-electron chi connectivity index (χ0n) is 10.6. The molecule has 5 nitrogen and oxygen atoms in total. The maximum absolute atomic E-state index is 11.8. The molecule has 1 aromatic rings. The number of aliphatic imine (C=N–C) groups is 1. The van der Waals surface area contributed by atoms with Crippen LogP contribution in [0.1, 0.15) is 18.6 Å². The van der Waals surface area contributed by atoms with Gasteiger partial charge < -0.3 is 14.2 Å². The molecule has 0 aliphatic carbocycles. The van der Waals surface area contributed by atoms with Gasteiger partial charge in [-0.15, -0.1) is 0 Å². The van der Waals surface area contributed by atoms with Gasteiger partial charge in [0.05, 0.1) is 13.7 Å². The van der Waals surface area contributed by atoms with Gasteiger partial charge in [-0.2, -0.15) is 0 Å². The molecule has 0 aromatic heterocycles. The molecule has 0 fully saturated rings. The Morgan fingerprint density at radius 2 is 2.32 bits per heavy atom. The maximum atomic E-state index is 11.8. The van der Waals surface area contributed by atoms with Crippen LogP contribution in [-0.4, -0.2) is 32.1 Å². The molecule has 0 saturated heterocycles. The predicted octanol–water partition coefficient (Wildman–Crippen LogP) is 2.49. The van der Waals surface area contributed by atoms with Gasteiger partial charge in [0.2, 0.25) is 0 Å². The van der Waals surface area contributed by atoms with Crippen LogP contribution in [0.2, 0.25) is 0 Å². The second kappa shape index (κ2) is 6.06. The molecule has 1 aliphatic rings. The lowest BCUT2D eigenvalue weighted by molar-refractivity contribution is -0.146. The van der Waals surface area contributed by atoms with Gasteiger partial charge >= 0.3 is 5.97 Å². The summed E-state index contributed by atoms with van der Waals surface area (Å²) in [6.45, 7) is 2.07. The molecule has 2 atom stereocenters. The molecule has 1 heterocycles. The van der Waals surface area contributed by atoms with Crippen molar-refractivity contribution in [3.63, 3.8) is 0 Å². The standard InChI is InChI=1S/C13H14BrNO4/c1-3-18-13(16)11-12(19-7-15-11)9-6-8(17-2)4-5-10(9)14/h4-7,11-12H,3H2,1-2H3. The van der Waals surface area contributed by atoms with E-state index in [4.69, 9.17) is 14.2 Å². The number of hydrogen-bond acceptors (Lipinski definition) is 5. The third-order valence-corrected chi connectivity index (χ3v) is 3.48. The minimum absolute atomic E-state index is 0.316. The van der Waals surface area contributed by atoms with E-state index in [-0.39, 0.29) is 0 Å². The number of carbonyl (C=O) groups excluding carboxylic acids is 1. The Bertz CT molecular complexity index is 503. The summed E-state index contributed by atoms with van der Waals surface area (Å²) in [4.78, 5) is 15.9. The minimum Gasteiger partial charge on any atom is -0.497 e. The summed E-state index contributed by atoms with van der Waals surface area (Å²) >= 11 is 3.44. The van der Waals surface area contributed by atoms with E-state index in [1.54, 1.807) is 14.0 Å². The average Bonchev–Trinajstić information content (AvgIpc) is 2.89. The molecule has 1 aliphatic heterocycles. The Hall–Kier alpha value is -1.56. The molecule has 0 bridgehead atoms. The van der Waals surface area contributed by atoms with Gasteiger partial charge in [0.1, 0.15) is 5.75 Å². The lowest BCUT2D eigenvalue weighted by atomic mass is 10.0. The number of methoxy groups -OCH3 is 1. The van der Waals surface area contributed by atoms with Crippen molar-refractivity contribution in [2.24, 2.45) is 4.99 Å². The van der Waals surface area contributed by atoms with Crippen molar-refractivity contribution >= 4 is 28.3 Å². The Morgan fingerprint density at radius 3 is 3.00 bits per heavy atom. The highest BCUT2D eigenvalue weighted by Crippen LogP contribution is 2.35. The Labute approximate surface area is 119 Å². The van der Waals surface area contributed by atoms with Gasteiger partial charge in [-0.3, -0.25) is 0 Å². The zero-order chi connectivity index (χ0) is 13.8. The summed E-state index contributed by atoms with van der Waals surface area (Å²) in [6.07, 6.45) is 0.793. The van der Waals surface area contributed by atoms with Gasteiger partial charge in [0.15, 0.2) is 18.5 Å². The van der Waals surface area contributed by atoms with E-state index in [0.717, 1.165) is 10.0 Å². The van der Waals surface area contributed by atoms with E-state index in [1.165, 1.54) is 6.40 Å². The van der Waals surface area contributed by atoms with Gasteiger partial charge in [0, 0.05) is 10.0 Å². The molecular weight excluding hydrogens is 314 g/mol. The van der Waals surface area contributed by atoms with E-state index in [0.29, 0.717) is 12.4 Å². The molecule has 0 spiro atoms. The molecule has 0 N–H and O–H groups in total. The summed E-state index contributed by atoms with van der Waals surface area (Å²) < 4.78 is 16.4. The summed E-state index contributed by atoms with van der Waals surface area (Å²) in [5.74, 6) is 0.298. The summed E-state index contributed by atoms with van der Waals surface area (Å²) in [5, 5.41) is 0. The van der Waals surface area contributed by atoms with E-state index in [9.17, 15) is 4.79 Å². The highest BCUT2D eigenvalue weighted by atomic mass is 79.9. The van der Waals surface area contributed by atoms with Crippen molar-refractivity contribution in [1.82, 2.24) is 0 Å². The summed E-state index contributed by atoms with van der Waals surface area (Å²) in [5.41, 5.74) is 0.801. The molecule has 102 valence electrons. The molecule has 6 heteroatoms. The first kappa shape index (κ1) is 13.9.